The van der Waals surface area contributed by atoms with Crippen molar-refractivity contribution in [2.24, 2.45) is 0 Å². The molecule has 1 atom stereocenters. The Morgan fingerprint density at radius 3 is 2.72 bits per heavy atom. The molecular weight excluding hydrogens is 248 g/mol. The normalized spacial score (nSPS) is 18.6. The lowest BCUT2D eigenvalue weighted by molar-refractivity contribution is 0.180. The maximum absolute atomic E-state index is 5.84. The predicted molar refractivity (Wildman–Crippen MR) is 75.2 cm³/mol. The molecule has 1 unspecified atom stereocenters. The Bertz CT molecular complexity index is 370. The zero-order chi connectivity index (χ0) is 13.0. The zero-order valence-electron chi connectivity index (χ0n) is 11.1. The summed E-state index contributed by atoms with van der Waals surface area (Å²) in [5.41, 5.74) is 0.892. The molecule has 100 valence electrons. The van der Waals surface area contributed by atoms with E-state index in [-0.39, 0.29) is 0 Å². The number of piperidine rings is 1. The molecule has 1 aromatic heterocycles. The number of hydrogen-bond donors (Lipinski definition) is 1. The van der Waals surface area contributed by atoms with E-state index in [0.717, 1.165) is 18.1 Å². The molecule has 18 heavy (non-hydrogen) atoms. The summed E-state index contributed by atoms with van der Waals surface area (Å²) < 4.78 is 0. The van der Waals surface area contributed by atoms with E-state index < -0.39 is 0 Å². The minimum absolute atomic E-state index is 0.308. The van der Waals surface area contributed by atoms with E-state index in [0.29, 0.717) is 11.3 Å². The van der Waals surface area contributed by atoms with Crippen LogP contribution in [0.25, 0.3) is 0 Å². The zero-order valence-corrected chi connectivity index (χ0v) is 11.9. The van der Waals surface area contributed by atoms with Crippen LogP contribution in [0.5, 0.6) is 0 Å². The molecular formula is C13H21ClN4. The first-order valence-corrected chi connectivity index (χ1v) is 7.02. The van der Waals surface area contributed by atoms with Crippen LogP contribution in [-0.4, -0.2) is 40.5 Å². The third-order valence-electron chi connectivity index (χ3n) is 3.42. The van der Waals surface area contributed by atoms with Gasteiger partial charge in [-0.05, 0) is 51.4 Å². The van der Waals surface area contributed by atoms with Crippen molar-refractivity contribution in [2.75, 3.05) is 25.0 Å². The molecule has 2 heterocycles. The van der Waals surface area contributed by atoms with Gasteiger partial charge in [-0.15, -0.1) is 0 Å². The SMILES string of the molecule is Cc1cc(NCC(C)N2CCCCC2)nc(Cl)n1. The molecule has 5 heteroatoms. The molecule has 1 aliphatic heterocycles. The third kappa shape index (κ3) is 3.82. The van der Waals surface area contributed by atoms with E-state index in [4.69, 9.17) is 11.6 Å². The molecule has 0 spiro atoms. The number of halogens is 1. The van der Waals surface area contributed by atoms with Crippen molar-refractivity contribution >= 4 is 17.4 Å². The van der Waals surface area contributed by atoms with E-state index in [1.807, 2.05) is 13.0 Å². The second-order valence-electron chi connectivity index (χ2n) is 4.99. The molecule has 0 radical (unpaired) electrons. The number of rotatable bonds is 4. The molecule has 1 aromatic rings. The summed E-state index contributed by atoms with van der Waals surface area (Å²) in [4.78, 5) is 10.8. The van der Waals surface area contributed by atoms with Crippen LogP contribution in [0, 0.1) is 6.92 Å². The summed E-state index contributed by atoms with van der Waals surface area (Å²) >= 11 is 5.84. The first-order valence-electron chi connectivity index (χ1n) is 6.64. The van der Waals surface area contributed by atoms with Crippen molar-refractivity contribution in [3.8, 4) is 0 Å². The molecule has 1 saturated heterocycles. The highest BCUT2D eigenvalue weighted by Crippen LogP contribution is 2.13. The fourth-order valence-corrected chi connectivity index (χ4v) is 2.59. The number of nitrogens with one attached hydrogen (secondary N) is 1. The van der Waals surface area contributed by atoms with Gasteiger partial charge in [-0.2, -0.15) is 0 Å². The third-order valence-corrected chi connectivity index (χ3v) is 3.59. The van der Waals surface area contributed by atoms with E-state index in [1.54, 1.807) is 0 Å². The van der Waals surface area contributed by atoms with Gasteiger partial charge in [0.2, 0.25) is 5.28 Å². The smallest absolute Gasteiger partial charge is 0.224 e. The summed E-state index contributed by atoms with van der Waals surface area (Å²) in [5.74, 6) is 0.816. The summed E-state index contributed by atoms with van der Waals surface area (Å²) in [5, 5.41) is 3.65. The number of hydrogen-bond acceptors (Lipinski definition) is 4. The minimum Gasteiger partial charge on any atom is -0.368 e. The lowest BCUT2D eigenvalue weighted by atomic mass is 10.1. The van der Waals surface area contributed by atoms with Gasteiger partial charge < -0.3 is 5.32 Å². The van der Waals surface area contributed by atoms with Crippen molar-refractivity contribution in [1.82, 2.24) is 14.9 Å². The van der Waals surface area contributed by atoms with Crippen LogP contribution < -0.4 is 5.32 Å². The predicted octanol–water partition coefficient (Wildman–Crippen LogP) is 2.72. The van der Waals surface area contributed by atoms with Gasteiger partial charge in [0.15, 0.2) is 0 Å². The van der Waals surface area contributed by atoms with Gasteiger partial charge in [0.05, 0.1) is 0 Å². The highest BCUT2D eigenvalue weighted by atomic mass is 35.5. The first-order chi connectivity index (χ1) is 8.65. The summed E-state index contributed by atoms with van der Waals surface area (Å²) in [6, 6.07) is 2.45. The molecule has 1 N–H and O–H groups in total. The Balaban J connectivity index is 1.86. The van der Waals surface area contributed by atoms with E-state index in [1.165, 1.54) is 32.4 Å². The van der Waals surface area contributed by atoms with Crippen LogP contribution in [-0.2, 0) is 0 Å². The molecule has 0 aromatic carbocycles. The monoisotopic (exact) mass is 268 g/mol. The molecule has 0 aliphatic carbocycles. The average Bonchev–Trinajstić information content (AvgIpc) is 2.36. The van der Waals surface area contributed by atoms with E-state index >= 15 is 0 Å². The largest absolute Gasteiger partial charge is 0.368 e. The summed E-state index contributed by atoms with van der Waals surface area (Å²) in [6.45, 7) is 7.51. The van der Waals surface area contributed by atoms with Crippen molar-refractivity contribution in [2.45, 2.75) is 39.2 Å². The van der Waals surface area contributed by atoms with Crippen LogP contribution >= 0.6 is 11.6 Å². The fourth-order valence-electron chi connectivity index (χ4n) is 2.36. The van der Waals surface area contributed by atoms with E-state index in [2.05, 4.69) is 27.1 Å². The second kappa shape index (κ2) is 6.34. The van der Waals surface area contributed by atoms with Gasteiger partial charge in [-0.3, -0.25) is 4.90 Å². The topological polar surface area (TPSA) is 41.0 Å². The maximum atomic E-state index is 5.84. The van der Waals surface area contributed by atoms with E-state index in [9.17, 15) is 0 Å². The van der Waals surface area contributed by atoms with Crippen molar-refractivity contribution in [3.63, 3.8) is 0 Å². The van der Waals surface area contributed by atoms with Crippen LogP contribution in [0.2, 0.25) is 5.28 Å². The Morgan fingerprint density at radius 1 is 1.33 bits per heavy atom. The number of likely N-dealkylation sites (tertiary alicyclic amines) is 1. The maximum Gasteiger partial charge on any atom is 0.224 e. The van der Waals surface area contributed by atoms with Crippen LogP contribution in [0.15, 0.2) is 6.07 Å². The van der Waals surface area contributed by atoms with Gasteiger partial charge in [0, 0.05) is 24.3 Å². The van der Waals surface area contributed by atoms with Gasteiger partial charge in [0.25, 0.3) is 0 Å². The lowest BCUT2D eigenvalue weighted by Gasteiger charge is -2.32. The van der Waals surface area contributed by atoms with Crippen LogP contribution in [0.4, 0.5) is 5.82 Å². The molecule has 1 fully saturated rings. The number of nitrogens with zero attached hydrogens (tertiary/aromatic N) is 3. The standard InChI is InChI=1S/C13H21ClN4/c1-10-8-12(17-13(14)16-10)15-9-11(2)18-6-4-3-5-7-18/h8,11H,3-7,9H2,1-2H3,(H,15,16,17). The van der Waals surface area contributed by atoms with Crippen LogP contribution in [0.3, 0.4) is 0 Å². The summed E-state index contributed by atoms with van der Waals surface area (Å²) in [6.07, 6.45) is 4.02. The highest BCUT2D eigenvalue weighted by Gasteiger charge is 2.16. The molecule has 0 bridgehead atoms. The Kier molecular flexibility index (Phi) is 4.78. The van der Waals surface area contributed by atoms with Gasteiger partial charge in [0.1, 0.15) is 5.82 Å². The Labute approximate surface area is 114 Å². The highest BCUT2D eigenvalue weighted by molar-refractivity contribution is 6.28. The molecule has 0 saturated carbocycles. The van der Waals surface area contributed by atoms with Crippen molar-refractivity contribution in [3.05, 3.63) is 17.0 Å². The summed E-state index contributed by atoms with van der Waals surface area (Å²) in [7, 11) is 0. The Morgan fingerprint density at radius 2 is 2.06 bits per heavy atom. The number of aromatic nitrogens is 2. The molecule has 0 amide bonds. The minimum atomic E-state index is 0.308. The average molecular weight is 269 g/mol. The van der Waals surface area contributed by atoms with Gasteiger partial charge in [-0.25, -0.2) is 9.97 Å². The fraction of sp³-hybridized carbons (Fsp3) is 0.692. The Hall–Kier alpha value is -0.870. The number of aryl methyl sites for hydroxylation is 1. The van der Waals surface area contributed by atoms with Crippen molar-refractivity contribution in [1.29, 1.82) is 0 Å². The van der Waals surface area contributed by atoms with Gasteiger partial charge in [-0.1, -0.05) is 6.42 Å². The lowest BCUT2D eigenvalue weighted by Crippen LogP contribution is -2.41. The number of anilines is 1. The molecule has 1 aliphatic rings. The van der Waals surface area contributed by atoms with Crippen molar-refractivity contribution < 1.29 is 0 Å². The van der Waals surface area contributed by atoms with Gasteiger partial charge >= 0.3 is 0 Å². The molecule has 2 rings (SSSR count). The second-order valence-corrected chi connectivity index (χ2v) is 5.33. The first kappa shape index (κ1) is 13.6. The quantitative estimate of drug-likeness (QED) is 0.853. The van der Waals surface area contributed by atoms with Crippen LogP contribution in [0.1, 0.15) is 31.9 Å². The molecule has 4 nitrogen and oxygen atoms in total.